The summed E-state index contributed by atoms with van der Waals surface area (Å²) < 4.78 is 4.67. The maximum Gasteiger partial charge on any atom is 0.0701 e. The molecule has 0 N–H and O–H groups in total. The molecule has 0 saturated carbocycles. The predicted molar refractivity (Wildman–Crippen MR) is 219 cm³/mol. The van der Waals surface area contributed by atoms with Crippen LogP contribution in [0.5, 0.6) is 0 Å². The van der Waals surface area contributed by atoms with Gasteiger partial charge in [-0.2, -0.15) is 0 Å². The number of rotatable bonds is 7. The molecule has 6 aromatic carbocycles. The van der Waals surface area contributed by atoms with E-state index >= 15 is 0 Å². The zero-order chi connectivity index (χ0) is 35.1. The molecule has 0 unspecified atom stereocenters. The molecule has 0 saturated heterocycles. The van der Waals surface area contributed by atoms with Crippen LogP contribution in [0.1, 0.15) is 0 Å². The van der Waals surface area contributed by atoms with Crippen molar-refractivity contribution in [2.24, 2.45) is 0 Å². The lowest BCUT2D eigenvalue weighted by Crippen LogP contribution is -2.10. The first-order chi connectivity index (χ1) is 26.3. The van der Waals surface area contributed by atoms with Gasteiger partial charge in [0.2, 0.25) is 0 Å². The fourth-order valence-corrected chi connectivity index (χ4v) is 7.54. The second kappa shape index (κ2) is 12.8. The van der Waals surface area contributed by atoms with Crippen molar-refractivity contribution in [3.05, 3.63) is 201 Å². The molecule has 5 nitrogen and oxygen atoms in total. The van der Waals surface area contributed by atoms with E-state index in [2.05, 4.69) is 182 Å². The van der Waals surface area contributed by atoms with Crippen LogP contribution >= 0.6 is 0 Å². The molecule has 0 spiro atoms. The summed E-state index contributed by atoms with van der Waals surface area (Å²) >= 11 is 0. The van der Waals surface area contributed by atoms with Crippen molar-refractivity contribution < 1.29 is 0 Å². The highest BCUT2D eigenvalue weighted by Gasteiger charge is 2.19. The Balaban J connectivity index is 1.17. The molecule has 0 atom stereocenters. The van der Waals surface area contributed by atoms with E-state index in [1.54, 1.807) is 0 Å². The van der Waals surface area contributed by atoms with E-state index < -0.39 is 0 Å². The summed E-state index contributed by atoms with van der Waals surface area (Å²) in [5.74, 6) is 0. The molecular formula is C48H33N5. The van der Waals surface area contributed by atoms with Gasteiger partial charge < -0.3 is 14.0 Å². The second-order valence-corrected chi connectivity index (χ2v) is 13.2. The zero-order valence-electron chi connectivity index (χ0n) is 28.8. The summed E-state index contributed by atoms with van der Waals surface area (Å²) in [5.41, 5.74) is 13.2. The third kappa shape index (κ3) is 5.43. The Kier molecular flexibility index (Phi) is 7.40. The van der Waals surface area contributed by atoms with E-state index in [0.29, 0.717) is 0 Å². The largest absolute Gasteiger partial charge is 0.316 e. The van der Waals surface area contributed by atoms with Gasteiger partial charge in [0.1, 0.15) is 0 Å². The predicted octanol–water partition coefficient (Wildman–Crippen LogP) is 12.3. The number of anilines is 3. The van der Waals surface area contributed by atoms with Gasteiger partial charge in [0.25, 0.3) is 0 Å². The van der Waals surface area contributed by atoms with Crippen LogP contribution in [0.15, 0.2) is 201 Å². The summed E-state index contributed by atoms with van der Waals surface area (Å²) in [4.78, 5) is 11.3. The fourth-order valence-electron chi connectivity index (χ4n) is 7.54. The molecule has 0 radical (unpaired) electrons. The normalized spacial score (nSPS) is 11.4. The number of fused-ring (bicyclic) bond motifs is 4. The minimum absolute atomic E-state index is 0.953. The summed E-state index contributed by atoms with van der Waals surface area (Å²) in [6.07, 6.45) is 7.73. The Bertz CT molecular complexity index is 2760. The van der Waals surface area contributed by atoms with Crippen LogP contribution in [0.3, 0.4) is 0 Å². The van der Waals surface area contributed by atoms with Crippen molar-refractivity contribution >= 4 is 49.8 Å². The van der Waals surface area contributed by atoms with Gasteiger partial charge in [0, 0.05) is 74.9 Å². The number of benzene rings is 6. The van der Waals surface area contributed by atoms with Crippen LogP contribution in [0, 0.1) is 0 Å². The molecule has 0 amide bonds. The topological polar surface area (TPSA) is 38.9 Å². The molecule has 0 aliphatic heterocycles. The standard InChI is InChI=1S/C48H33N5/c1-3-11-38(12-4-1)51-29-26-36-30-43-44-31-42(24-25-46(44)53(48(43)32-47(36)51)39-13-5-2-6-14-39)52(40-20-16-34(17-21-40)37-10-9-27-49-33-37)41-22-18-35(19-23-41)45-15-7-8-28-50-45/h1-33H. The number of aromatic nitrogens is 4. The van der Waals surface area contributed by atoms with E-state index in [4.69, 9.17) is 0 Å². The van der Waals surface area contributed by atoms with Gasteiger partial charge in [-0.05, 0) is 114 Å². The molecule has 10 rings (SSSR count). The molecule has 4 aromatic heterocycles. The van der Waals surface area contributed by atoms with Gasteiger partial charge in [-0.1, -0.05) is 72.8 Å². The number of para-hydroxylation sites is 2. The Morgan fingerprint density at radius 2 is 1.11 bits per heavy atom. The average molecular weight is 680 g/mol. The number of pyridine rings is 2. The summed E-state index contributed by atoms with van der Waals surface area (Å²) in [5, 5.41) is 3.60. The third-order valence-corrected chi connectivity index (χ3v) is 10.1. The smallest absolute Gasteiger partial charge is 0.0701 e. The molecule has 4 heterocycles. The van der Waals surface area contributed by atoms with Crippen molar-refractivity contribution in [3.8, 4) is 33.8 Å². The van der Waals surface area contributed by atoms with E-state index in [1.165, 1.54) is 27.2 Å². The SMILES string of the molecule is c1ccc(-n2ccc3cc4c5cc(N(c6ccc(-c7cccnc7)cc6)c6ccc(-c7ccccn7)cc6)ccc5n(-c5ccccc5)c4cc32)cc1. The van der Waals surface area contributed by atoms with Gasteiger partial charge in [0.15, 0.2) is 0 Å². The first-order valence-electron chi connectivity index (χ1n) is 17.8. The molecule has 250 valence electrons. The average Bonchev–Trinajstić information content (AvgIpc) is 3.80. The first kappa shape index (κ1) is 30.6. The lowest BCUT2D eigenvalue weighted by atomic mass is 10.1. The lowest BCUT2D eigenvalue weighted by Gasteiger charge is -2.26. The maximum absolute atomic E-state index is 4.59. The van der Waals surface area contributed by atoms with Crippen LogP contribution in [0.25, 0.3) is 66.5 Å². The highest BCUT2D eigenvalue weighted by atomic mass is 15.1. The highest BCUT2D eigenvalue weighted by Crippen LogP contribution is 2.42. The van der Waals surface area contributed by atoms with E-state index in [1.807, 2.05) is 42.9 Å². The Morgan fingerprint density at radius 1 is 0.434 bits per heavy atom. The molecule has 0 aliphatic carbocycles. The van der Waals surface area contributed by atoms with Crippen LogP contribution in [0.4, 0.5) is 17.1 Å². The van der Waals surface area contributed by atoms with Gasteiger partial charge >= 0.3 is 0 Å². The quantitative estimate of drug-likeness (QED) is 0.168. The van der Waals surface area contributed by atoms with Crippen molar-refractivity contribution in [1.82, 2.24) is 19.1 Å². The van der Waals surface area contributed by atoms with Crippen molar-refractivity contribution in [2.45, 2.75) is 0 Å². The Hall–Kier alpha value is -7.24. The Labute approximate surface area is 307 Å². The van der Waals surface area contributed by atoms with E-state index in [-0.39, 0.29) is 0 Å². The van der Waals surface area contributed by atoms with Crippen LogP contribution < -0.4 is 4.90 Å². The van der Waals surface area contributed by atoms with Crippen LogP contribution in [-0.2, 0) is 0 Å². The second-order valence-electron chi connectivity index (χ2n) is 13.2. The fraction of sp³-hybridized carbons (Fsp3) is 0. The molecule has 10 aromatic rings. The molecule has 0 bridgehead atoms. The maximum atomic E-state index is 4.59. The number of hydrogen-bond donors (Lipinski definition) is 0. The monoisotopic (exact) mass is 679 g/mol. The van der Waals surface area contributed by atoms with Crippen molar-refractivity contribution in [2.75, 3.05) is 4.90 Å². The highest BCUT2D eigenvalue weighted by molar-refractivity contribution is 6.14. The van der Waals surface area contributed by atoms with Crippen molar-refractivity contribution in [3.63, 3.8) is 0 Å². The van der Waals surface area contributed by atoms with Gasteiger partial charge in [-0.3, -0.25) is 9.97 Å². The zero-order valence-corrected chi connectivity index (χ0v) is 28.8. The van der Waals surface area contributed by atoms with Crippen LogP contribution in [-0.4, -0.2) is 19.1 Å². The molecule has 0 fully saturated rings. The summed E-state index contributed by atoms with van der Waals surface area (Å²) in [6, 6.07) is 62.5. The molecule has 0 aliphatic rings. The number of hydrogen-bond acceptors (Lipinski definition) is 3. The lowest BCUT2D eigenvalue weighted by molar-refractivity contribution is 1.12. The molecular weight excluding hydrogens is 647 g/mol. The summed E-state index contributed by atoms with van der Waals surface area (Å²) in [7, 11) is 0. The van der Waals surface area contributed by atoms with Gasteiger partial charge in [0.05, 0.1) is 22.2 Å². The minimum atomic E-state index is 0.953. The first-order valence-corrected chi connectivity index (χ1v) is 17.8. The third-order valence-electron chi connectivity index (χ3n) is 10.1. The molecule has 53 heavy (non-hydrogen) atoms. The minimum Gasteiger partial charge on any atom is -0.316 e. The van der Waals surface area contributed by atoms with E-state index in [0.717, 1.165) is 56.3 Å². The van der Waals surface area contributed by atoms with Crippen molar-refractivity contribution in [1.29, 1.82) is 0 Å². The Morgan fingerprint density at radius 3 is 1.81 bits per heavy atom. The number of nitrogens with zero attached hydrogens (tertiary/aromatic N) is 5. The van der Waals surface area contributed by atoms with Crippen LogP contribution in [0.2, 0.25) is 0 Å². The van der Waals surface area contributed by atoms with E-state index in [9.17, 15) is 0 Å². The van der Waals surface area contributed by atoms with Gasteiger partial charge in [-0.25, -0.2) is 0 Å². The summed E-state index contributed by atoms with van der Waals surface area (Å²) in [6.45, 7) is 0. The van der Waals surface area contributed by atoms with Gasteiger partial charge in [-0.15, -0.1) is 0 Å². The molecule has 5 heteroatoms.